The number of benzene rings is 1. The molecule has 110 valence electrons. The summed E-state index contributed by atoms with van der Waals surface area (Å²) in [6, 6.07) is 6.48. The molecule has 1 aromatic heterocycles. The van der Waals surface area contributed by atoms with Gasteiger partial charge in [0.15, 0.2) is 9.84 Å². The molecule has 2 heterocycles. The molecule has 0 radical (unpaired) electrons. The fraction of sp³-hybridized carbons (Fsp3) is 0.333. The number of rotatable bonds is 3. The lowest BCUT2D eigenvalue weighted by Gasteiger charge is -2.11. The average molecular weight is 307 g/mol. The Hall–Kier alpha value is -2.29. The molecule has 1 aliphatic rings. The van der Waals surface area contributed by atoms with Gasteiger partial charge in [0.05, 0.1) is 17.2 Å². The van der Waals surface area contributed by atoms with E-state index in [1.807, 2.05) is 0 Å². The smallest absolute Gasteiger partial charge is 0.251 e. The van der Waals surface area contributed by atoms with E-state index in [9.17, 15) is 13.2 Å². The fourth-order valence-corrected chi connectivity index (χ4v) is 3.92. The summed E-state index contributed by atoms with van der Waals surface area (Å²) in [4.78, 5) is 12.2. The Kier molecular flexibility index (Phi) is 3.42. The number of aromatic nitrogens is 4. The van der Waals surface area contributed by atoms with Crippen LogP contribution in [0.15, 0.2) is 30.6 Å². The molecule has 2 aromatic rings. The minimum atomic E-state index is -3.01. The van der Waals surface area contributed by atoms with Gasteiger partial charge in [0.2, 0.25) is 0 Å². The molecule has 1 saturated heterocycles. The molecule has 1 fully saturated rings. The molecule has 0 bridgehead atoms. The largest absolute Gasteiger partial charge is 0.348 e. The lowest BCUT2D eigenvalue weighted by atomic mass is 10.1. The Morgan fingerprint density at radius 2 is 2.24 bits per heavy atom. The van der Waals surface area contributed by atoms with E-state index in [4.69, 9.17) is 0 Å². The summed E-state index contributed by atoms with van der Waals surface area (Å²) in [7, 11) is -3.01. The van der Waals surface area contributed by atoms with E-state index in [1.165, 1.54) is 11.0 Å². The first kappa shape index (κ1) is 13.7. The molecule has 1 N–H and O–H groups in total. The molecule has 21 heavy (non-hydrogen) atoms. The van der Waals surface area contributed by atoms with Crippen molar-refractivity contribution >= 4 is 15.7 Å². The summed E-state index contributed by atoms with van der Waals surface area (Å²) in [6.45, 7) is 0. The van der Waals surface area contributed by atoms with Crippen LogP contribution in [-0.2, 0) is 9.84 Å². The third kappa shape index (κ3) is 3.07. The molecule has 0 saturated carbocycles. The van der Waals surface area contributed by atoms with Crippen molar-refractivity contribution in [3.8, 4) is 5.69 Å². The number of carbonyl (C=O) groups excluding carboxylic acids is 1. The SMILES string of the molecule is O=C(N[C@@H]1CCS(=O)(=O)C1)c1cccc(-n2cnnn2)c1. The zero-order valence-electron chi connectivity index (χ0n) is 11.0. The molecule has 0 aliphatic carbocycles. The first-order chi connectivity index (χ1) is 10.0. The predicted molar refractivity (Wildman–Crippen MR) is 73.7 cm³/mol. The second-order valence-corrected chi connectivity index (χ2v) is 7.11. The van der Waals surface area contributed by atoms with Crippen LogP contribution in [0.4, 0.5) is 0 Å². The molecular formula is C12H13N5O3S. The number of sulfone groups is 1. The molecule has 0 spiro atoms. The number of hydrogen-bond donors (Lipinski definition) is 1. The van der Waals surface area contributed by atoms with Crippen LogP contribution in [0.2, 0.25) is 0 Å². The number of nitrogens with one attached hydrogen (secondary N) is 1. The van der Waals surface area contributed by atoms with Crippen LogP contribution >= 0.6 is 0 Å². The monoisotopic (exact) mass is 307 g/mol. The van der Waals surface area contributed by atoms with Crippen molar-refractivity contribution in [2.24, 2.45) is 0 Å². The molecule has 1 atom stereocenters. The van der Waals surface area contributed by atoms with E-state index in [2.05, 4.69) is 20.8 Å². The van der Waals surface area contributed by atoms with E-state index < -0.39 is 9.84 Å². The lowest BCUT2D eigenvalue weighted by Crippen LogP contribution is -2.35. The van der Waals surface area contributed by atoms with Crippen LogP contribution < -0.4 is 5.32 Å². The molecule has 1 aliphatic heterocycles. The highest BCUT2D eigenvalue weighted by Gasteiger charge is 2.29. The second-order valence-electron chi connectivity index (χ2n) is 4.88. The van der Waals surface area contributed by atoms with Crippen molar-refractivity contribution < 1.29 is 13.2 Å². The highest BCUT2D eigenvalue weighted by atomic mass is 32.2. The van der Waals surface area contributed by atoms with Gasteiger partial charge < -0.3 is 5.32 Å². The normalized spacial score (nSPS) is 20.3. The highest BCUT2D eigenvalue weighted by molar-refractivity contribution is 7.91. The van der Waals surface area contributed by atoms with Crippen LogP contribution in [-0.4, -0.2) is 52.1 Å². The van der Waals surface area contributed by atoms with Gasteiger partial charge in [-0.15, -0.1) is 5.10 Å². The van der Waals surface area contributed by atoms with E-state index >= 15 is 0 Å². The van der Waals surface area contributed by atoms with E-state index in [0.717, 1.165) is 0 Å². The maximum atomic E-state index is 12.2. The van der Waals surface area contributed by atoms with E-state index in [1.54, 1.807) is 24.3 Å². The topological polar surface area (TPSA) is 107 Å². The van der Waals surface area contributed by atoms with Gasteiger partial charge in [-0.2, -0.15) is 0 Å². The first-order valence-corrected chi connectivity index (χ1v) is 8.20. The van der Waals surface area contributed by atoms with Crippen molar-refractivity contribution in [2.45, 2.75) is 12.5 Å². The zero-order valence-corrected chi connectivity index (χ0v) is 11.8. The van der Waals surface area contributed by atoms with Crippen molar-refractivity contribution in [3.05, 3.63) is 36.2 Å². The van der Waals surface area contributed by atoms with Crippen LogP contribution in [0.25, 0.3) is 5.69 Å². The summed E-state index contributed by atoms with van der Waals surface area (Å²) >= 11 is 0. The van der Waals surface area contributed by atoms with Gasteiger partial charge in [0.1, 0.15) is 6.33 Å². The molecule has 9 heteroatoms. The number of hydrogen-bond acceptors (Lipinski definition) is 6. The Labute approximate surface area is 121 Å². The van der Waals surface area contributed by atoms with Gasteiger partial charge in [-0.05, 0) is 35.0 Å². The fourth-order valence-electron chi connectivity index (χ4n) is 2.25. The number of amides is 1. The van der Waals surface area contributed by atoms with Crippen molar-refractivity contribution in [1.82, 2.24) is 25.5 Å². The molecule has 3 rings (SSSR count). The van der Waals surface area contributed by atoms with Crippen LogP contribution in [0, 0.1) is 0 Å². The summed E-state index contributed by atoms with van der Waals surface area (Å²) in [5.74, 6) is -0.166. The Morgan fingerprint density at radius 1 is 1.38 bits per heavy atom. The van der Waals surface area contributed by atoms with Crippen molar-refractivity contribution in [3.63, 3.8) is 0 Å². The van der Waals surface area contributed by atoms with Gasteiger partial charge in [-0.1, -0.05) is 6.07 Å². The van der Waals surface area contributed by atoms with Gasteiger partial charge in [0, 0.05) is 11.6 Å². The number of carbonyl (C=O) groups is 1. The third-order valence-corrected chi connectivity index (χ3v) is 5.06. The molecule has 1 aromatic carbocycles. The maximum Gasteiger partial charge on any atom is 0.251 e. The minimum absolute atomic E-state index is 0.00538. The number of nitrogens with zero attached hydrogens (tertiary/aromatic N) is 4. The highest BCUT2D eigenvalue weighted by Crippen LogP contribution is 2.13. The molecule has 1 amide bonds. The van der Waals surface area contributed by atoms with Gasteiger partial charge >= 0.3 is 0 Å². The number of tetrazole rings is 1. The molecular weight excluding hydrogens is 294 g/mol. The minimum Gasteiger partial charge on any atom is -0.348 e. The zero-order chi connectivity index (χ0) is 14.9. The molecule has 8 nitrogen and oxygen atoms in total. The van der Waals surface area contributed by atoms with E-state index in [-0.39, 0.29) is 23.5 Å². The summed E-state index contributed by atoms with van der Waals surface area (Å²) in [6.07, 6.45) is 1.89. The average Bonchev–Trinajstić information content (AvgIpc) is 3.09. The standard InChI is InChI=1S/C12H13N5O3S/c18-12(14-10-4-5-21(19,20)7-10)9-2-1-3-11(6-9)17-8-13-15-16-17/h1-3,6,8,10H,4-5,7H2,(H,14,18)/t10-/m1/s1. The second kappa shape index (κ2) is 5.24. The predicted octanol–water partition coefficient (Wildman–Crippen LogP) is -0.421. The van der Waals surface area contributed by atoms with E-state index in [0.29, 0.717) is 17.7 Å². The summed E-state index contributed by atoms with van der Waals surface area (Å²) < 4.78 is 24.2. The Morgan fingerprint density at radius 3 is 2.90 bits per heavy atom. The summed E-state index contributed by atoms with van der Waals surface area (Å²) in [5, 5.41) is 13.6. The lowest BCUT2D eigenvalue weighted by molar-refractivity contribution is 0.0941. The maximum absolute atomic E-state index is 12.2. The Bertz CT molecular complexity index is 757. The van der Waals surface area contributed by atoms with Crippen LogP contribution in [0.5, 0.6) is 0 Å². The quantitative estimate of drug-likeness (QED) is 0.825. The first-order valence-electron chi connectivity index (χ1n) is 6.38. The van der Waals surface area contributed by atoms with Gasteiger partial charge in [0.25, 0.3) is 5.91 Å². The summed E-state index contributed by atoms with van der Waals surface area (Å²) in [5.41, 5.74) is 1.10. The van der Waals surface area contributed by atoms with Crippen LogP contribution in [0.1, 0.15) is 16.8 Å². The van der Waals surface area contributed by atoms with Crippen LogP contribution in [0.3, 0.4) is 0 Å². The van der Waals surface area contributed by atoms with Gasteiger partial charge in [-0.3, -0.25) is 4.79 Å². The van der Waals surface area contributed by atoms with Crippen molar-refractivity contribution in [1.29, 1.82) is 0 Å². The van der Waals surface area contributed by atoms with Gasteiger partial charge in [-0.25, -0.2) is 13.1 Å². The van der Waals surface area contributed by atoms with Crippen molar-refractivity contribution in [2.75, 3.05) is 11.5 Å². The molecule has 0 unspecified atom stereocenters. The Balaban J connectivity index is 1.75. The third-order valence-electron chi connectivity index (χ3n) is 3.29.